The third-order valence-corrected chi connectivity index (χ3v) is 4.23. The number of esters is 1. The summed E-state index contributed by atoms with van der Waals surface area (Å²) in [5, 5.41) is 10.6. The minimum Gasteiger partial charge on any atom is -0.426 e. The van der Waals surface area contributed by atoms with Crippen LogP contribution in [-0.4, -0.2) is 10.9 Å². The number of nitrogens with zero attached hydrogens (tertiary/aromatic N) is 1. The van der Waals surface area contributed by atoms with Gasteiger partial charge >= 0.3 is 5.97 Å². The molecule has 0 aromatic heterocycles. The molecule has 3 aromatic carbocycles. The maximum Gasteiger partial charge on any atom is 0.315 e. The van der Waals surface area contributed by atoms with Crippen molar-refractivity contribution in [3.05, 3.63) is 124 Å². The van der Waals surface area contributed by atoms with Gasteiger partial charge < -0.3 is 4.74 Å². The third-order valence-electron chi connectivity index (χ3n) is 4.23. The molecule has 3 rings (SSSR count). The van der Waals surface area contributed by atoms with Crippen molar-refractivity contribution in [3.8, 4) is 5.75 Å². The molecule has 0 aliphatic rings. The van der Waals surface area contributed by atoms with Gasteiger partial charge in [0.2, 0.25) is 0 Å². The molecular formula is C24H17F2NO4. The van der Waals surface area contributed by atoms with Crippen molar-refractivity contribution in [2.45, 2.75) is 6.42 Å². The molecule has 0 spiro atoms. The van der Waals surface area contributed by atoms with Gasteiger partial charge in [0.1, 0.15) is 17.4 Å². The molecule has 5 nitrogen and oxygen atoms in total. The highest BCUT2D eigenvalue weighted by atomic mass is 19.1. The van der Waals surface area contributed by atoms with E-state index in [0.29, 0.717) is 16.7 Å². The summed E-state index contributed by atoms with van der Waals surface area (Å²) in [6.07, 6.45) is 4.74. The van der Waals surface area contributed by atoms with E-state index in [4.69, 9.17) is 4.74 Å². The molecule has 0 saturated heterocycles. The minimum absolute atomic E-state index is 0.0624. The van der Waals surface area contributed by atoms with Gasteiger partial charge in [0.05, 0.1) is 11.3 Å². The number of carbonyl (C=O) groups is 1. The average molecular weight is 421 g/mol. The molecule has 0 aliphatic carbocycles. The summed E-state index contributed by atoms with van der Waals surface area (Å²) in [6, 6.07) is 17.0. The van der Waals surface area contributed by atoms with E-state index >= 15 is 0 Å². The second-order valence-corrected chi connectivity index (χ2v) is 6.46. The summed E-state index contributed by atoms with van der Waals surface area (Å²) in [6.45, 7) is 0. The predicted molar refractivity (Wildman–Crippen MR) is 112 cm³/mol. The van der Waals surface area contributed by atoms with Crippen LogP contribution in [0.15, 0.2) is 91.0 Å². The van der Waals surface area contributed by atoms with Gasteiger partial charge in [0.15, 0.2) is 0 Å². The van der Waals surface area contributed by atoms with Crippen molar-refractivity contribution in [1.82, 2.24) is 0 Å². The van der Waals surface area contributed by atoms with E-state index in [1.807, 2.05) is 0 Å². The van der Waals surface area contributed by atoms with Crippen molar-refractivity contribution in [1.29, 1.82) is 0 Å². The quantitative estimate of drug-likeness (QED) is 0.158. The first kappa shape index (κ1) is 21.6. The van der Waals surface area contributed by atoms with Crippen molar-refractivity contribution in [2.24, 2.45) is 0 Å². The largest absolute Gasteiger partial charge is 0.426 e. The standard InChI is InChI=1S/C24H17F2NO4/c25-19-7-3-5-17(15-19)23(18-6-4-8-20(26)16-18)9-1-2-10-24(28)31-22-13-11-21(12-14-22)27(29)30/h1-9,11-16H,10H2/b2-1+. The summed E-state index contributed by atoms with van der Waals surface area (Å²) < 4.78 is 32.5. The molecule has 0 amide bonds. The zero-order chi connectivity index (χ0) is 22.2. The van der Waals surface area contributed by atoms with Gasteiger partial charge in [-0.3, -0.25) is 14.9 Å². The van der Waals surface area contributed by atoms with E-state index in [1.165, 1.54) is 48.5 Å². The van der Waals surface area contributed by atoms with E-state index in [1.54, 1.807) is 42.5 Å². The molecule has 0 N–H and O–H groups in total. The van der Waals surface area contributed by atoms with Gasteiger partial charge in [0, 0.05) is 12.1 Å². The fraction of sp³-hybridized carbons (Fsp3) is 0.0417. The number of halogens is 2. The van der Waals surface area contributed by atoms with Crippen LogP contribution in [0.4, 0.5) is 14.5 Å². The zero-order valence-corrected chi connectivity index (χ0v) is 16.2. The van der Waals surface area contributed by atoms with Crippen molar-refractivity contribution in [2.75, 3.05) is 0 Å². The van der Waals surface area contributed by atoms with E-state index in [2.05, 4.69) is 0 Å². The monoisotopic (exact) mass is 421 g/mol. The lowest BCUT2D eigenvalue weighted by Crippen LogP contribution is -2.06. The zero-order valence-electron chi connectivity index (χ0n) is 16.2. The third kappa shape index (κ3) is 6.17. The Morgan fingerprint density at radius 1 is 0.935 bits per heavy atom. The van der Waals surface area contributed by atoms with Gasteiger partial charge in [-0.2, -0.15) is 0 Å². The number of rotatable bonds is 7. The summed E-state index contributed by atoms with van der Waals surface area (Å²) in [7, 11) is 0. The van der Waals surface area contributed by atoms with E-state index in [0.717, 1.165) is 0 Å². The Kier molecular flexibility index (Phi) is 7.01. The highest BCUT2D eigenvalue weighted by molar-refractivity contribution is 5.81. The van der Waals surface area contributed by atoms with Crippen LogP contribution in [0.2, 0.25) is 0 Å². The first-order valence-electron chi connectivity index (χ1n) is 9.26. The Morgan fingerprint density at radius 3 is 2.03 bits per heavy atom. The van der Waals surface area contributed by atoms with Crippen LogP contribution in [0.25, 0.3) is 5.57 Å². The van der Waals surface area contributed by atoms with Crippen molar-refractivity contribution < 1.29 is 23.2 Å². The number of benzene rings is 3. The number of hydrogen-bond donors (Lipinski definition) is 0. The van der Waals surface area contributed by atoms with Crippen LogP contribution < -0.4 is 4.74 Å². The molecular weight excluding hydrogens is 404 g/mol. The molecule has 0 aliphatic heterocycles. The Labute approximate surface area is 177 Å². The summed E-state index contributed by atoms with van der Waals surface area (Å²) >= 11 is 0. The topological polar surface area (TPSA) is 69.4 Å². The van der Waals surface area contributed by atoms with Gasteiger partial charge in [0.25, 0.3) is 5.69 Å². The van der Waals surface area contributed by atoms with Crippen LogP contribution in [-0.2, 0) is 4.79 Å². The Bertz CT molecular complexity index is 1110. The average Bonchev–Trinajstić information content (AvgIpc) is 2.74. The smallest absolute Gasteiger partial charge is 0.315 e. The van der Waals surface area contributed by atoms with Crippen LogP contribution in [0.5, 0.6) is 5.75 Å². The van der Waals surface area contributed by atoms with E-state index in [-0.39, 0.29) is 17.9 Å². The lowest BCUT2D eigenvalue weighted by molar-refractivity contribution is -0.384. The van der Waals surface area contributed by atoms with Gasteiger partial charge in [-0.05, 0) is 53.1 Å². The molecule has 156 valence electrons. The summed E-state index contributed by atoms with van der Waals surface area (Å²) in [5.74, 6) is -1.21. The number of hydrogen-bond acceptors (Lipinski definition) is 4. The predicted octanol–water partition coefficient (Wildman–Crippen LogP) is 5.86. The van der Waals surface area contributed by atoms with Crippen molar-refractivity contribution >= 4 is 17.2 Å². The highest BCUT2D eigenvalue weighted by Crippen LogP contribution is 2.25. The number of carbonyl (C=O) groups excluding carboxylic acids is 1. The number of nitro groups is 1. The maximum atomic E-state index is 13.7. The lowest BCUT2D eigenvalue weighted by atomic mass is 9.97. The Morgan fingerprint density at radius 2 is 1.52 bits per heavy atom. The van der Waals surface area contributed by atoms with Gasteiger partial charge in [-0.1, -0.05) is 42.5 Å². The summed E-state index contributed by atoms with van der Waals surface area (Å²) in [4.78, 5) is 22.1. The van der Waals surface area contributed by atoms with E-state index in [9.17, 15) is 23.7 Å². The molecule has 0 radical (unpaired) electrons. The maximum absolute atomic E-state index is 13.7. The van der Waals surface area contributed by atoms with E-state index < -0.39 is 22.5 Å². The molecule has 0 bridgehead atoms. The molecule has 0 heterocycles. The SMILES string of the molecule is O=C(C/C=C/C=C(c1cccc(F)c1)c1cccc(F)c1)Oc1ccc([N+](=O)[O-])cc1. The summed E-state index contributed by atoms with van der Waals surface area (Å²) in [5.41, 5.74) is 1.60. The highest BCUT2D eigenvalue weighted by Gasteiger charge is 2.08. The normalized spacial score (nSPS) is 10.6. The second kappa shape index (κ2) is 10.1. The molecule has 0 saturated carbocycles. The van der Waals surface area contributed by atoms with Crippen molar-refractivity contribution in [3.63, 3.8) is 0 Å². The number of nitro benzene ring substituents is 1. The number of ether oxygens (including phenoxy) is 1. The first-order chi connectivity index (χ1) is 14.9. The van der Waals surface area contributed by atoms with Gasteiger partial charge in [-0.15, -0.1) is 0 Å². The second-order valence-electron chi connectivity index (χ2n) is 6.46. The molecule has 0 fully saturated rings. The lowest BCUT2D eigenvalue weighted by Gasteiger charge is -2.08. The van der Waals surface area contributed by atoms with Crippen LogP contribution in [0.3, 0.4) is 0 Å². The van der Waals surface area contributed by atoms with Crippen LogP contribution >= 0.6 is 0 Å². The first-order valence-corrected chi connectivity index (χ1v) is 9.26. The number of non-ortho nitro benzene ring substituents is 1. The Balaban J connectivity index is 1.72. The molecule has 0 unspecified atom stereocenters. The fourth-order valence-corrected chi connectivity index (χ4v) is 2.81. The molecule has 31 heavy (non-hydrogen) atoms. The Hall–Kier alpha value is -4.13. The van der Waals surface area contributed by atoms with Crippen LogP contribution in [0, 0.1) is 21.7 Å². The molecule has 0 atom stereocenters. The molecule has 7 heteroatoms. The van der Waals surface area contributed by atoms with Crippen LogP contribution in [0.1, 0.15) is 17.5 Å². The molecule has 3 aromatic rings. The minimum atomic E-state index is -0.559. The fourth-order valence-electron chi connectivity index (χ4n) is 2.81. The van der Waals surface area contributed by atoms with Gasteiger partial charge in [-0.25, -0.2) is 8.78 Å². The number of allylic oxidation sites excluding steroid dienone is 2.